The monoisotopic (exact) mass is 287 g/mol. The molecule has 0 N–H and O–H groups in total. The van der Waals surface area contributed by atoms with Crippen LogP contribution >= 0.6 is 15.9 Å². The Hall–Kier alpha value is -0.680. The van der Waals surface area contributed by atoms with Gasteiger partial charge in [0.25, 0.3) is 5.56 Å². The van der Waals surface area contributed by atoms with Crippen molar-refractivity contribution >= 4 is 15.9 Å². The Bertz CT molecular complexity index is 399. The highest BCUT2D eigenvalue weighted by Gasteiger charge is 2.06. The van der Waals surface area contributed by atoms with Gasteiger partial charge in [-0.25, -0.2) is 4.98 Å². The molecular weight excluding hydrogens is 270 g/mol. The Morgan fingerprint density at radius 3 is 2.62 bits per heavy atom. The molecule has 1 aromatic heterocycles. The minimum absolute atomic E-state index is 0.000318. The Kier molecular flexibility index (Phi) is 5.15. The van der Waals surface area contributed by atoms with Gasteiger partial charge >= 0.3 is 0 Å². The summed E-state index contributed by atoms with van der Waals surface area (Å²) >= 11 is 3.26. The van der Waals surface area contributed by atoms with Gasteiger partial charge in [0.1, 0.15) is 4.47 Å². The van der Waals surface area contributed by atoms with Crippen molar-refractivity contribution in [2.75, 3.05) is 19.6 Å². The van der Waals surface area contributed by atoms with Crippen molar-refractivity contribution < 1.29 is 0 Å². The second-order valence-electron chi connectivity index (χ2n) is 3.67. The lowest BCUT2D eigenvalue weighted by Crippen LogP contribution is -2.31. The SMILES string of the molecule is CCN(CC)CCn1cnc(C)c(Br)c1=O. The number of rotatable bonds is 5. The number of halogens is 1. The van der Waals surface area contributed by atoms with Crippen LogP contribution in [0, 0.1) is 6.92 Å². The highest BCUT2D eigenvalue weighted by Crippen LogP contribution is 2.05. The van der Waals surface area contributed by atoms with Crippen LogP contribution in [0.3, 0.4) is 0 Å². The quantitative estimate of drug-likeness (QED) is 0.827. The van der Waals surface area contributed by atoms with Crippen LogP contribution in [0.2, 0.25) is 0 Å². The van der Waals surface area contributed by atoms with Gasteiger partial charge in [0, 0.05) is 13.1 Å². The van der Waals surface area contributed by atoms with Crippen molar-refractivity contribution in [2.45, 2.75) is 27.3 Å². The fourth-order valence-corrected chi connectivity index (χ4v) is 1.82. The first-order valence-corrected chi connectivity index (χ1v) is 6.33. The molecule has 0 aliphatic heterocycles. The van der Waals surface area contributed by atoms with E-state index in [2.05, 4.69) is 39.7 Å². The van der Waals surface area contributed by atoms with Crippen molar-refractivity contribution in [1.82, 2.24) is 14.5 Å². The van der Waals surface area contributed by atoms with Gasteiger partial charge in [0.15, 0.2) is 0 Å². The highest BCUT2D eigenvalue weighted by molar-refractivity contribution is 9.10. The van der Waals surface area contributed by atoms with E-state index in [4.69, 9.17) is 0 Å². The zero-order valence-corrected chi connectivity index (χ0v) is 11.6. The fraction of sp³-hybridized carbons (Fsp3) is 0.636. The van der Waals surface area contributed by atoms with Crippen LogP contribution in [0.15, 0.2) is 15.6 Å². The predicted molar refractivity (Wildman–Crippen MR) is 68.7 cm³/mol. The molecule has 0 unspecified atom stereocenters. The summed E-state index contributed by atoms with van der Waals surface area (Å²) in [7, 11) is 0. The number of hydrogen-bond donors (Lipinski definition) is 0. The molecule has 0 aromatic carbocycles. The summed E-state index contributed by atoms with van der Waals surface area (Å²) in [5, 5.41) is 0. The molecule has 0 aliphatic carbocycles. The largest absolute Gasteiger partial charge is 0.302 e. The standard InChI is InChI=1S/C11H18BrN3O/c1-4-14(5-2)6-7-15-8-13-9(3)10(12)11(15)16/h8H,4-7H2,1-3H3. The first-order chi connectivity index (χ1) is 7.60. The van der Waals surface area contributed by atoms with Crippen LogP contribution in [0.1, 0.15) is 19.5 Å². The molecule has 0 aliphatic rings. The number of aromatic nitrogens is 2. The minimum atomic E-state index is -0.000318. The van der Waals surface area contributed by atoms with Crippen molar-refractivity contribution in [3.05, 3.63) is 26.8 Å². The Morgan fingerprint density at radius 1 is 1.44 bits per heavy atom. The molecule has 0 bridgehead atoms. The van der Waals surface area contributed by atoms with Gasteiger partial charge in [-0.05, 0) is 35.9 Å². The van der Waals surface area contributed by atoms with Gasteiger partial charge in [-0.1, -0.05) is 13.8 Å². The van der Waals surface area contributed by atoms with Crippen LogP contribution in [0.4, 0.5) is 0 Å². The van der Waals surface area contributed by atoms with Gasteiger partial charge in [-0.2, -0.15) is 0 Å². The average molecular weight is 288 g/mol. The van der Waals surface area contributed by atoms with E-state index in [-0.39, 0.29) is 5.56 Å². The third-order valence-corrected chi connectivity index (χ3v) is 3.62. The molecule has 0 saturated heterocycles. The zero-order valence-electron chi connectivity index (χ0n) is 10.0. The second-order valence-corrected chi connectivity index (χ2v) is 4.46. The topological polar surface area (TPSA) is 38.1 Å². The molecule has 0 radical (unpaired) electrons. The van der Waals surface area contributed by atoms with Crippen molar-refractivity contribution in [3.8, 4) is 0 Å². The van der Waals surface area contributed by atoms with E-state index in [9.17, 15) is 4.79 Å². The average Bonchev–Trinajstić information content (AvgIpc) is 2.30. The van der Waals surface area contributed by atoms with Gasteiger partial charge in [-0.15, -0.1) is 0 Å². The van der Waals surface area contributed by atoms with Crippen LogP contribution in [-0.4, -0.2) is 34.1 Å². The Labute approximate surface area is 104 Å². The first kappa shape index (κ1) is 13.4. The maximum Gasteiger partial charge on any atom is 0.267 e. The van der Waals surface area contributed by atoms with E-state index >= 15 is 0 Å². The normalized spacial score (nSPS) is 11.1. The van der Waals surface area contributed by atoms with Crippen LogP contribution in [0.25, 0.3) is 0 Å². The van der Waals surface area contributed by atoms with Gasteiger partial charge in [0.2, 0.25) is 0 Å². The molecule has 1 heterocycles. The minimum Gasteiger partial charge on any atom is -0.302 e. The number of hydrogen-bond acceptors (Lipinski definition) is 3. The summed E-state index contributed by atoms with van der Waals surface area (Å²) in [6, 6.07) is 0. The van der Waals surface area contributed by atoms with E-state index in [1.165, 1.54) is 0 Å². The molecule has 0 spiro atoms. The van der Waals surface area contributed by atoms with E-state index < -0.39 is 0 Å². The van der Waals surface area contributed by atoms with Crippen molar-refractivity contribution in [1.29, 1.82) is 0 Å². The maximum atomic E-state index is 11.8. The lowest BCUT2D eigenvalue weighted by atomic mass is 10.4. The molecule has 90 valence electrons. The lowest BCUT2D eigenvalue weighted by Gasteiger charge is -2.18. The number of likely N-dealkylation sites (N-methyl/N-ethyl adjacent to an activating group) is 1. The third-order valence-electron chi connectivity index (χ3n) is 2.71. The van der Waals surface area contributed by atoms with E-state index in [1.807, 2.05) is 6.92 Å². The number of aryl methyl sites for hydroxylation is 1. The fourth-order valence-electron chi connectivity index (χ4n) is 1.49. The molecule has 0 atom stereocenters. The smallest absolute Gasteiger partial charge is 0.267 e. The van der Waals surface area contributed by atoms with E-state index in [0.29, 0.717) is 11.0 Å². The van der Waals surface area contributed by atoms with Gasteiger partial charge < -0.3 is 4.90 Å². The zero-order chi connectivity index (χ0) is 12.1. The summed E-state index contributed by atoms with van der Waals surface area (Å²) in [5.74, 6) is 0. The predicted octanol–water partition coefficient (Wildman–Crippen LogP) is 1.66. The summed E-state index contributed by atoms with van der Waals surface area (Å²) in [4.78, 5) is 18.3. The summed E-state index contributed by atoms with van der Waals surface area (Å²) in [5.41, 5.74) is 0.740. The summed E-state index contributed by atoms with van der Waals surface area (Å²) in [6.07, 6.45) is 1.62. The van der Waals surface area contributed by atoms with Crippen molar-refractivity contribution in [2.24, 2.45) is 0 Å². The molecule has 0 amide bonds. The Balaban J connectivity index is 2.75. The maximum absolute atomic E-state index is 11.8. The van der Waals surface area contributed by atoms with Crippen LogP contribution in [-0.2, 0) is 6.54 Å². The molecule has 1 rings (SSSR count). The summed E-state index contributed by atoms with van der Waals surface area (Å²) < 4.78 is 2.21. The molecular formula is C11H18BrN3O. The molecule has 0 fully saturated rings. The molecule has 16 heavy (non-hydrogen) atoms. The Morgan fingerprint density at radius 2 is 2.06 bits per heavy atom. The van der Waals surface area contributed by atoms with Crippen molar-refractivity contribution in [3.63, 3.8) is 0 Å². The van der Waals surface area contributed by atoms with E-state index in [1.54, 1.807) is 10.9 Å². The lowest BCUT2D eigenvalue weighted by molar-refractivity contribution is 0.288. The third kappa shape index (κ3) is 3.15. The summed E-state index contributed by atoms with van der Waals surface area (Å²) in [6.45, 7) is 9.64. The van der Waals surface area contributed by atoms with E-state index in [0.717, 1.165) is 25.3 Å². The van der Waals surface area contributed by atoms with Crippen LogP contribution < -0.4 is 5.56 Å². The first-order valence-electron chi connectivity index (χ1n) is 5.54. The van der Waals surface area contributed by atoms with Gasteiger partial charge in [-0.3, -0.25) is 9.36 Å². The molecule has 5 heteroatoms. The van der Waals surface area contributed by atoms with Gasteiger partial charge in [0.05, 0.1) is 12.0 Å². The molecule has 0 saturated carbocycles. The van der Waals surface area contributed by atoms with Crippen LogP contribution in [0.5, 0.6) is 0 Å². The highest BCUT2D eigenvalue weighted by atomic mass is 79.9. The molecule has 4 nitrogen and oxygen atoms in total. The number of nitrogens with zero attached hydrogens (tertiary/aromatic N) is 3. The second kappa shape index (κ2) is 6.15. The molecule has 1 aromatic rings.